The predicted octanol–water partition coefficient (Wildman–Crippen LogP) is 2.02. The fourth-order valence-electron chi connectivity index (χ4n) is 1.21. The standard InChI is InChI=1S/C10H10N2OS/c1-7-3-4-9(14-7)10(13)8-5-12(2)6-11-8/h3-6H,1-2H3. The first kappa shape index (κ1) is 9.15. The van der Waals surface area contributed by atoms with Crippen LogP contribution in [0, 0.1) is 6.92 Å². The number of hydrogen-bond acceptors (Lipinski definition) is 3. The van der Waals surface area contributed by atoms with Crippen LogP contribution in [-0.2, 0) is 7.05 Å². The van der Waals surface area contributed by atoms with Gasteiger partial charge in [0.25, 0.3) is 0 Å². The molecule has 0 aliphatic heterocycles. The monoisotopic (exact) mass is 206 g/mol. The van der Waals surface area contributed by atoms with Crippen molar-refractivity contribution in [3.8, 4) is 0 Å². The molecular formula is C10H10N2OS. The first-order valence-corrected chi connectivity index (χ1v) is 5.07. The molecule has 2 aromatic rings. The van der Waals surface area contributed by atoms with Crippen LogP contribution in [0.25, 0.3) is 0 Å². The summed E-state index contributed by atoms with van der Waals surface area (Å²) in [5, 5.41) is 0. The van der Waals surface area contributed by atoms with Gasteiger partial charge in [-0.1, -0.05) is 0 Å². The average molecular weight is 206 g/mol. The van der Waals surface area contributed by atoms with Crippen LogP contribution in [0.15, 0.2) is 24.7 Å². The fourth-order valence-corrected chi connectivity index (χ4v) is 2.03. The molecule has 0 saturated heterocycles. The molecule has 0 aromatic carbocycles. The maximum Gasteiger partial charge on any atom is 0.222 e. The lowest BCUT2D eigenvalue weighted by atomic mass is 10.2. The van der Waals surface area contributed by atoms with E-state index >= 15 is 0 Å². The summed E-state index contributed by atoms with van der Waals surface area (Å²) in [6.07, 6.45) is 3.37. The highest BCUT2D eigenvalue weighted by Crippen LogP contribution is 2.18. The molecule has 0 N–H and O–H groups in total. The van der Waals surface area contributed by atoms with Crippen molar-refractivity contribution in [2.75, 3.05) is 0 Å². The van der Waals surface area contributed by atoms with Gasteiger partial charge in [-0.05, 0) is 19.1 Å². The van der Waals surface area contributed by atoms with E-state index in [0.29, 0.717) is 5.69 Å². The maximum absolute atomic E-state index is 11.8. The number of rotatable bonds is 2. The van der Waals surface area contributed by atoms with Crippen molar-refractivity contribution in [3.05, 3.63) is 40.1 Å². The lowest BCUT2D eigenvalue weighted by Crippen LogP contribution is -1.98. The fraction of sp³-hybridized carbons (Fsp3) is 0.200. The smallest absolute Gasteiger partial charge is 0.222 e. The molecule has 0 amide bonds. The number of carbonyl (C=O) groups excluding carboxylic acids is 1. The molecule has 0 aliphatic carbocycles. The van der Waals surface area contributed by atoms with Gasteiger partial charge in [-0.2, -0.15) is 0 Å². The molecule has 0 unspecified atom stereocenters. The molecule has 2 rings (SSSR count). The second kappa shape index (κ2) is 3.38. The zero-order valence-electron chi connectivity index (χ0n) is 8.02. The minimum absolute atomic E-state index is 0.00343. The molecule has 4 heteroatoms. The Kier molecular flexibility index (Phi) is 2.21. The van der Waals surface area contributed by atoms with E-state index in [2.05, 4.69) is 4.98 Å². The molecule has 14 heavy (non-hydrogen) atoms. The van der Waals surface area contributed by atoms with E-state index in [4.69, 9.17) is 0 Å². The van der Waals surface area contributed by atoms with Gasteiger partial charge >= 0.3 is 0 Å². The summed E-state index contributed by atoms with van der Waals surface area (Å²) in [6, 6.07) is 3.79. The summed E-state index contributed by atoms with van der Waals surface area (Å²) in [5.41, 5.74) is 0.509. The van der Waals surface area contributed by atoms with Gasteiger partial charge in [0.2, 0.25) is 5.78 Å². The summed E-state index contributed by atoms with van der Waals surface area (Å²) in [6.45, 7) is 1.99. The summed E-state index contributed by atoms with van der Waals surface area (Å²) in [5.74, 6) is 0.00343. The molecule has 72 valence electrons. The van der Waals surface area contributed by atoms with Crippen LogP contribution in [0.3, 0.4) is 0 Å². The van der Waals surface area contributed by atoms with E-state index in [1.54, 1.807) is 17.1 Å². The molecule has 0 bridgehead atoms. The maximum atomic E-state index is 11.8. The molecule has 0 spiro atoms. The topological polar surface area (TPSA) is 34.9 Å². The van der Waals surface area contributed by atoms with Crippen LogP contribution in [0.1, 0.15) is 20.2 Å². The Bertz CT molecular complexity index is 428. The molecule has 0 fully saturated rings. The highest BCUT2D eigenvalue weighted by molar-refractivity contribution is 7.14. The number of thiophene rings is 1. The van der Waals surface area contributed by atoms with Crippen molar-refractivity contribution >= 4 is 17.1 Å². The SMILES string of the molecule is Cc1ccc(C(=O)c2cn(C)cn2)s1. The van der Waals surface area contributed by atoms with Crippen molar-refractivity contribution in [2.24, 2.45) is 7.05 Å². The van der Waals surface area contributed by atoms with E-state index in [1.165, 1.54) is 11.3 Å². The van der Waals surface area contributed by atoms with Crippen LogP contribution in [0.5, 0.6) is 0 Å². The molecule has 0 saturated carbocycles. The zero-order chi connectivity index (χ0) is 10.1. The second-order valence-electron chi connectivity index (χ2n) is 3.16. The lowest BCUT2D eigenvalue weighted by Gasteiger charge is -1.90. The second-order valence-corrected chi connectivity index (χ2v) is 4.45. The van der Waals surface area contributed by atoms with E-state index < -0.39 is 0 Å². The first-order valence-electron chi connectivity index (χ1n) is 4.26. The van der Waals surface area contributed by atoms with Crippen LogP contribution in [0.2, 0.25) is 0 Å². The lowest BCUT2D eigenvalue weighted by molar-refractivity contribution is 0.103. The van der Waals surface area contributed by atoms with E-state index in [1.807, 2.05) is 26.1 Å². The third-order valence-electron chi connectivity index (χ3n) is 1.90. The van der Waals surface area contributed by atoms with E-state index in [0.717, 1.165) is 9.75 Å². The van der Waals surface area contributed by atoms with Crippen molar-refractivity contribution in [2.45, 2.75) is 6.92 Å². The third kappa shape index (κ3) is 1.61. The minimum Gasteiger partial charge on any atom is -0.340 e. The number of ketones is 1. The summed E-state index contributed by atoms with van der Waals surface area (Å²) in [7, 11) is 1.85. The zero-order valence-corrected chi connectivity index (χ0v) is 8.84. The number of nitrogens with zero attached hydrogens (tertiary/aromatic N) is 2. The highest BCUT2D eigenvalue weighted by Gasteiger charge is 2.12. The Labute approximate surface area is 86.0 Å². The Balaban J connectivity index is 2.33. The highest BCUT2D eigenvalue weighted by atomic mass is 32.1. The number of carbonyl (C=O) groups is 1. The van der Waals surface area contributed by atoms with Gasteiger partial charge in [0.15, 0.2) is 0 Å². The molecule has 2 aromatic heterocycles. The van der Waals surface area contributed by atoms with Gasteiger partial charge in [-0.3, -0.25) is 4.79 Å². The van der Waals surface area contributed by atoms with Crippen molar-refractivity contribution in [3.63, 3.8) is 0 Å². The van der Waals surface area contributed by atoms with Gasteiger partial charge in [0.1, 0.15) is 5.69 Å². The Morgan fingerprint density at radius 1 is 1.50 bits per heavy atom. The largest absolute Gasteiger partial charge is 0.340 e. The number of hydrogen-bond donors (Lipinski definition) is 0. The van der Waals surface area contributed by atoms with Crippen LogP contribution in [-0.4, -0.2) is 15.3 Å². The van der Waals surface area contributed by atoms with Crippen molar-refractivity contribution in [1.82, 2.24) is 9.55 Å². The van der Waals surface area contributed by atoms with Crippen molar-refractivity contribution in [1.29, 1.82) is 0 Å². The quantitative estimate of drug-likeness (QED) is 0.705. The summed E-state index contributed by atoms with van der Waals surface area (Å²) < 4.78 is 1.77. The molecular weight excluding hydrogens is 196 g/mol. The van der Waals surface area contributed by atoms with Crippen LogP contribution in [0.4, 0.5) is 0 Å². The van der Waals surface area contributed by atoms with Gasteiger partial charge in [0.05, 0.1) is 11.2 Å². The van der Waals surface area contributed by atoms with Gasteiger partial charge < -0.3 is 4.57 Å². The average Bonchev–Trinajstić information content (AvgIpc) is 2.73. The van der Waals surface area contributed by atoms with E-state index in [9.17, 15) is 4.79 Å². The van der Waals surface area contributed by atoms with Crippen LogP contribution < -0.4 is 0 Å². The molecule has 0 atom stereocenters. The van der Waals surface area contributed by atoms with Gasteiger partial charge in [-0.15, -0.1) is 11.3 Å². The molecule has 3 nitrogen and oxygen atoms in total. The predicted molar refractivity (Wildman–Crippen MR) is 55.7 cm³/mol. The van der Waals surface area contributed by atoms with Gasteiger partial charge in [-0.25, -0.2) is 4.98 Å². The van der Waals surface area contributed by atoms with E-state index in [-0.39, 0.29) is 5.78 Å². The number of aromatic nitrogens is 2. The van der Waals surface area contributed by atoms with Crippen molar-refractivity contribution < 1.29 is 4.79 Å². The third-order valence-corrected chi connectivity index (χ3v) is 2.90. The molecule has 2 heterocycles. The Morgan fingerprint density at radius 2 is 2.29 bits per heavy atom. The Morgan fingerprint density at radius 3 is 2.79 bits per heavy atom. The molecule has 0 aliphatic rings. The van der Waals surface area contributed by atoms with Crippen LogP contribution >= 0.6 is 11.3 Å². The molecule has 0 radical (unpaired) electrons. The van der Waals surface area contributed by atoms with Gasteiger partial charge in [0, 0.05) is 18.1 Å². The number of aryl methyl sites for hydroxylation is 2. The Hall–Kier alpha value is -1.42. The minimum atomic E-state index is 0.00343. The summed E-state index contributed by atoms with van der Waals surface area (Å²) >= 11 is 1.50. The first-order chi connectivity index (χ1) is 6.66. The number of imidazole rings is 1. The normalized spacial score (nSPS) is 10.4. The summed E-state index contributed by atoms with van der Waals surface area (Å²) in [4.78, 5) is 17.7.